The molecular formula is C21H14ClNO3S2. The van der Waals surface area contributed by atoms with E-state index in [0.29, 0.717) is 26.9 Å². The van der Waals surface area contributed by atoms with Crippen molar-refractivity contribution in [3.8, 4) is 5.75 Å². The van der Waals surface area contributed by atoms with E-state index >= 15 is 0 Å². The van der Waals surface area contributed by atoms with Gasteiger partial charge in [0.05, 0.1) is 23.3 Å². The fourth-order valence-electron chi connectivity index (χ4n) is 2.91. The average molecular weight is 428 g/mol. The fraction of sp³-hybridized carbons (Fsp3) is 0.0476. The summed E-state index contributed by atoms with van der Waals surface area (Å²) in [5, 5.41) is 2.30. The van der Waals surface area contributed by atoms with Gasteiger partial charge in [0.1, 0.15) is 5.75 Å². The predicted molar refractivity (Wildman–Crippen MR) is 114 cm³/mol. The largest absolute Gasteiger partial charge is 0.495 e. The van der Waals surface area contributed by atoms with Crippen LogP contribution in [-0.2, 0) is 9.59 Å². The van der Waals surface area contributed by atoms with Gasteiger partial charge in [-0.15, -0.1) is 11.3 Å². The summed E-state index contributed by atoms with van der Waals surface area (Å²) in [6.45, 7) is 0. The summed E-state index contributed by atoms with van der Waals surface area (Å²) in [4.78, 5) is 29.8. The Balaban J connectivity index is 1.84. The lowest BCUT2D eigenvalue weighted by Crippen LogP contribution is -2.31. The second kappa shape index (κ2) is 7.83. The third kappa shape index (κ3) is 3.35. The Morgan fingerprint density at radius 2 is 1.79 bits per heavy atom. The molecule has 1 aliphatic rings. The SMILES string of the molecule is COc1ccc(Cl)cc1N1C(=O)C(Sc2ccccc2)=C(c2cccs2)C1=O. The summed E-state index contributed by atoms with van der Waals surface area (Å²) >= 11 is 8.84. The van der Waals surface area contributed by atoms with Gasteiger partial charge < -0.3 is 4.74 Å². The normalized spacial score (nSPS) is 14.1. The van der Waals surface area contributed by atoms with Crippen LogP contribution in [0.15, 0.2) is 75.8 Å². The summed E-state index contributed by atoms with van der Waals surface area (Å²) in [5.74, 6) is -0.364. The number of nitrogens with zero attached hydrogens (tertiary/aromatic N) is 1. The van der Waals surface area contributed by atoms with Crippen LogP contribution in [0.2, 0.25) is 5.02 Å². The molecule has 0 N–H and O–H groups in total. The minimum atomic E-state index is -0.386. The zero-order chi connectivity index (χ0) is 19.7. The number of halogens is 1. The number of hydrogen-bond acceptors (Lipinski definition) is 5. The Hall–Kier alpha value is -2.54. The van der Waals surface area contributed by atoms with Crippen molar-refractivity contribution in [2.45, 2.75) is 4.90 Å². The predicted octanol–water partition coefficient (Wildman–Crippen LogP) is 5.49. The number of anilines is 1. The van der Waals surface area contributed by atoms with Crippen LogP contribution in [0.5, 0.6) is 5.75 Å². The Labute approximate surface area is 175 Å². The number of ether oxygens (including phenoxy) is 1. The first-order chi connectivity index (χ1) is 13.6. The molecule has 3 aromatic rings. The number of rotatable bonds is 5. The van der Waals surface area contributed by atoms with E-state index in [4.69, 9.17) is 16.3 Å². The van der Waals surface area contributed by atoms with Crippen LogP contribution in [0.4, 0.5) is 5.69 Å². The molecular weight excluding hydrogens is 414 g/mol. The molecule has 0 saturated carbocycles. The van der Waals surface area contributed by atoms with Crippen LogP contribution in [0.25, 0.3) is 5.57 Å². The molecule has 7 heteroatoms. The number of carbonyl (C=O) groups excluding carboxylic acids is 2. The van der Waals surface area contributed by atoms with E-state index < -0.39 is 0 Å². The zero-order valence-electron chi connectivity index (χ0n) is 14.7. The van der Waals surface area contributed by atoms with Crippen LogP contribution < -0.4 is 9.64 Å². The van der Waals surface area contributed by atoms with Gasteiger partial charge >= 0.3 is 0 Å². The number of thiophene rings is 1. The van der Waals surface area contributed by atoms with Gasteiger partial charge in [-0.2, -0.15) is 0 Å². The topological polar surface area (TPSA) is 46.6 Å². The third-order valence-corrected chi connectivity index (χ3v) is 6.37. The highest BCUT2D eigenvalue weighted by atomic mass is 35.5. The zero-order valence-corrected chi connectivity index (χ0v) is 17.1. The Morgan fingerprint density at radius 3 is 2.46 bits per heavy atom. The van der Waals surface area contributed by atoms with Gasteiger partial charge in [0.15, 0.2) is 0 Å². The standard InChI is InChI=1S/C21H14ClNO3S2/c1-26-16-10-9-13(22)12-15(16)23-20(24)18(17-8-5-11-27-17)19(21(23)25)28-14-6-3-2-4-7-14/h2-12H,1H3. The molecule has 2 heterocycles. The van der Waals surface area contributed by atoms with E-state index in [9.17, 15) is 9.59 Å². The molecule has 140 valence electrons. The van der Waals surface area contributed by atoms with Gasteiger partial charge in [-0.1, -0.05) is 47.6 Å². The first-order valence-corrected chi connectivity index (χ1v) is 10.4. The van der Waals surface area contributed by atoms with E-state index in [2.05, 4.69) is 0 Å². The number of benzene rings is 2. The highest BCUT2D eigenvalue weighted by Gasteiger charge is 2.42. The number of amides is 2. The van der Waals surface area contributed by atoms with E-state index in [1.54, 1.807) is 18.2 Å². The molecule has 0 saturated heterocycles. The van der Waals surface area contributed by atoms with Crippen LogP contribution in [0.1, 0.15) is 4.88 Å². The van der Waals surface area contributed by atoms with Crippen molar-refractivity contribution >= 4 is 57.8 Å². The second-order valence-electron chi connectivity index (χ2n) is 5.86. The lowest BCUT2D eigenvalue weighted by molar-refractivity contribution is -0.119. The average Bonchev–Trinajstić information content (AvgIpc) is 3.30. The van der Waals surface area contributed by atoms with E-state index in [0.717, 1.165) is 14.7 Å². The fourth-order valence-corrected chi connectivity index (χ4v) is 4.91. The van der Waals surface area contributed by atoms with E-state index in [-0.39, 0.29) is 11.8 Å². The lowest BCUT2D eigenvalue weighted by atomic mass is 10.2. The van der Waals surface area contributed by atoms with Gasteiger partial charge in [0, 0.05) is 14.8 Å². The third-order valence-electron chi connectivity index (χ3n) is 4.15. The Kier molecular flexibility index (Phi) is 5.26. The molecule has 0 aliphatic carbocycles. The molecule has 0 bridgehead atoms. The molecule has 0 unspecified atom stereocenters. The van der Waals surface area contributed by atoms with Crippen molar-refractivity contribution in [2.24, 2.45) is 0 Å². The highest BCUT2D eigenvalue weighted by Crippen LogP contribution is 2.44. The van der Waals surface area contributed by atoms with Crippen molar-refractivity contribution in [3.05, 3.63) is 80.8 Å². The van der Waals surface area contributed by atoms with Crippen LogP contribution in [0, 0.1) is 0 Å². The van der Waals surface area contributed by atoms with Crippen LogP contribution in [0.3, 0.4) is 0 Å². The molecule has 0 atom stereocenters. The highest BCUT2D eigenvalue weighted by molar-refractivity contribution is 8.04. The number of carbonyl (C=O) groups is 2. The maximum absolute atomic E-state index is 13.3. The molecule has 2 amide bonds. The summed E-state index contributed by atoms with van der Waals surface area (Å²) in [7, 11) is 1.49. The number of hydrogen-bond donors (Lipinski definition) is 0. The van der Waals surface area contributed by atoms with Gasteiger partial charge in [-0.25, -0.2) is 4.90 Å². The monoisotopic (exact) mass is 427 g/mol. The van der Waals surface area contributed by atoms with E-state index in [1.807, 2.05) is 47.8 Å². The van der Waals surface area contributed by atoms with Crippen molar-refractivity contribution in [1.29, 1.82) is 0 Å². The van der Waals surface area contributed by atoms with Gasteiger partial charge in [0.2, 0.25) is 0 Å². The first kappa shape index (κ1) is 18.8. The maximum Gasteiger partial charge on any atom is 0.273 e. The van der Waals surface area contributed by atoms with Gasteiger partial charge in [-0.3, -0.25) is 9.59 Å². The van der Waals surface area contributed by atoms with Crippen LogP contribution >= 0.6 is 34.7 Å². The Bertz CT molecular complexity index is 1080. The molecule has 4 nitrogen and oxygen atoms in total. The molecule has 0 radical (unpaired) electrons. The minimum Gasteiger partial charge on any atom is -0.495 e. The summed E-state index contributed by atoms with van der Waals surface area (Å²) < 4.78 is 5.36. The van der Waals surface area contributed by atoms with Gasteiger partial charge in [0.25, 0.3) is 11.8 Å². The second-order valence-corrected chi connectivity index (χ2v) is 8.33. The Morgan fingerprint density at radius 1 is 1.00 bits per heavy atom. The maximum atomic E-state index is 13.3. The van der Waals surface area contributed by atoms with Crippen molar-refractivity contribution in [2.75, 3.05) is 12.0 Å². The molecule has 0 fully saturated rings. The summed E-state index contributed by atoms with van der Waals surface area (Å²) in [5.41, 5.74) is 0.735. The lowest BCUT2D eigenvalue weighted by Gasteiger charge is -2.18. The molecule has 4 rings (SSSR count). The molecule has 1 aromatic heterocycles. The van der Waals surface area contributed by atoms with Crippen molar-refractivity contribution < 1.29 is 14.3 Å². The van der Waals surface area contributed by atoms with E-state index in [1.165, 1.54) is 30.2 Å². The molecule has 28 heavy (non-hydrogen) atoms. The first-order valence-electron chi connectivity index (χ1n) is 8.33. The van der Waals surface area contributed by atoms with Gasteiger partial charge in [-0.05, 0) is 41.8 Å². The van der Waals surface area contributed by atoms with Crippen molar-refractivity contribution in [1.82, 2.24) is 0 Å². The summed E-state index contributed by atoms with van der Waals surface area (Å²) in [6.07, 6.45) is 0. The quantitative estimate of drug-likeness (QED) is 0.505. The minimum absolute atomic E-state index is 0.336. The van der Waals surface area contributed by atoms with Crippen molar-refractivity contribution in [3.63, 3.8) is 0 Å². The smallest absolute Gasteiger partial charge is 0.273 e. The molecule has 0 spiro atoms. The van der Waals surface area contributed by atoms with Crippen LogP contribution in [-0.4, -0.2) is 18.9 Å². The molecule has 2 aromatic carbocycles. The number of imide groups is 1. The molecule has 1 aliphatic heterocycles. The number of thioether (sulfide) groups is 1. The summed E-state index contributed by atoms with van der Waals surface area (Å²) in [6, 6.07) is 18.1. The number of methoxy groups -OCH3 is 1.